The van der Waals surface area contributed by atoms with Crippen molar-refractivity contribution >= 4 is 17.5 Å². The lowest BCUT2D eigenvalue weighted by Crippen LogP contribution is -2.28. The molecule has 11 heavy (non-hydrogen) atoms. The first-order valence-corrected chi connectivity index (χ1v) is 3.44. The second kappa shape index (κ2) is 3.41. The SMILES string of the molecule is NCC(=O)Nn1cccc1Cl. The van der Waals surface area contributed by atoms with E-state index in [4.69, 9.17) is 17.3 Å². The molecule has 4 nitrogen and oxygen atoms in total. The topological polar surface area (TPSA) is 60.1 Å². The average molecular weight is 174 g/mol. The Balaban J connectivity index is 2.64. The van der Waals surface area contributed by atoms with Gasteiger partial charge in [-0.05, 0) is 12.1 Å². The molecule has 0 unspecified atom stereocenters. The number of halogens is 1. The lowest BCUT2D eigenvalue weighted by molar-refractivity contribution is -0.115. The van der Waals surface area contributed by atoms with Crippen LogP contribution in [0.25, 0.3) is 0 Å². The summed E-state index contributed by atoms with van der Waals surface area (Å²) in [5, 5.41) is 0.451. The molecule has 0 aromatic carbocycles. The number of nitrogens with two attached hydrogens (primary N) is 1. The van der Waals surface area contributed by atoms with Crippen LogP contribution in [0.2, 0.25) is 5.15 Å². The van der Waals surface area contributed by atoms with Crippen molar-refractivity contribution in [1.29, 1.82) is 0 Å². The Labute approximate surface area is 68.9 Å². The molecule has 0 bridgehead atoms. The summed E-state index contributed by atoms with van der Waals surface area (Å²) in [4.78, 5) is 10.7. The molecular weight excluding hydrogens is 166 g/mol. The smallest absolute Gasteiger partial charge is 0.252 e. The van der Waals surface area contributed by atoms with Gasteiger partial charge in [-0.1, -0.05) is 11.6 Å². The molecule has 0 fully saturated rings. The summed E-state index contributed by atoms with van der Waals surface area (Å²) in [7, 11) is 0. The fourth-order valence-corrected chi connectivity index (χ4v) is 0.802. The van der Waals surface area contributed by atoms with Crippen molar-refractivity contribution in [3.8, 4) is 0 Å². The normalized spacial score (nSPS) is 9.64. The highest BCUT2D eigenvalue weighted by atomic mass is 35.5. The molecule has 0 aliphatic carbocycles. The molecule has 5 heteroatoms. The van der Waals surface area contributed by atoms with Gasteiger partial charge in [-0.25, -0.2) is 4.68 Å². The van der Waals surface area contributed by atoms with Crippen LogP contribution >= 0.6 is 11.6 Å². The molecule has 1 heterocycles. The zero-order chi connectivity index (χ0) is 8.27. The van der Waals surface area contributed by atoms with E-state index in [0.29, 0.717) is 5.15 Å². The van der Waals surface area contributed by atoms with Crippen molar-refractivity contribution in [3.05, 3.63) is 23.5 Å². The van der Waals surface area contributed by atoms with E-state index in [-0.39, 0.29) is 12.5 Å². The van der Waals surface area contributed by atoms with Gasteiger partial charge in [-0.3, -0.25) is 10.2 Å². The monoisotopic (exact) mass is 173 g/mol. The number of hydrogen-bond donors (Lipinski definition) is 2. The third kappa shape index (κ3) is 1.96. The van der Waals surface area contributed by atoms with Gasteiger partial charge in [-0.2, -0.15) is 0 Å². The summed E-state index contributed by atoms with van der Waals surface area (Å²) in [5.74, 6) is -0.275. The highest BCUT2D eigenvalue weighted by Crippen LogP contribution is 2.05. The molecule has 0 aliphatic heterocycles. The molecule has 60 valence electrons. The Kier molecular flexibility index (Phi) is 2.51. The van der Waals surface area contributed by atoms with Gasteiger partial charge in [0.15, 0.2) is 0 Å². The number of nitrogens with zero attached hydrogens (tertiary/aromatic N) is 1. The van der Waals surface area contributed by atoms with Crippen LogP contribution in [-0.2, 0) is 4.79 Å². The van der Waals surface area contributed by atoms with Crippen molar-refractivity contribution in [1.82, 2.24) is 4.68 Å². The van der Waals surface area contributed by atoms with Crippen molar-refractivity contribution < 1.29 is 4.79 Å². The van der Waals surface area contributed by atoms with E-state index >= 15 is 0 Å². The maximum atomic E-state index is 10.7. The Morgan fingerprint density at radius 1 is 1.82 bits per heavy atom. The standard InChI is InChI=1S/C6H8ClN3O/c7-5-2-1-3-10(5)9-6(11)4-8/h1-3H,4,8H2,(H,9,11). The number of carbonyl (C=O) groups is 1. The molecule has 0 saturated carbocycles. The van der Waals surface area contributed by atoms with Gasteiger partial charge in [0.1, 0.15) is 5.15 Å². The van der Waals surface area contributed by atoms with E-state index in [1.54, 1.807) is 18.3 Å². The van der Waals surface area contributed by atoms with Gasteiger partial charge >= 0.3 is 0 Å². The molecule has 0 radical (unpaired) electrons. The van der Waals surface area contributed by atoms with Gasteiger partial charge < -0.3 is 5.73 Å². The van der Waals surface area contributed by atoms with Crippen LogP contribution in [0.15, 0.2) is 18.3 Å². The van der Waals surface area contributed by atoms with Crippen LogP contribution in [0.3, 0.4) is 0 Å². The third-order valence-corrected chi connectivity index (χ3v) is 1.44. The van der Waals surface area contributed by atoms with E-state index in [1.807, 2.05) is 0 Å². The summed E-state index contributed by atoms with van der Waals surface area (Å²) in [6.07, 6.45) is 1.63. The predicted octanol–water partition coefficient (Wildman–Crippen LogP) is 0.170. The highest BCUT2D eigenvalue weighted by Gasteiger charge is 1.99. The van der Waals surface area contributed by atoms with Crippen LogP contribution in [0.5, 0.6) is 0 Å². The van der Waals surface area contributed by atoms with Crippen LogP contribution in [0.4, 0.5) is 0 Å². The van der Waals surface area contributed by atoms with Crippen molar-refractivity contribution in [3.63, 3.8) is 0 Å². The van der Waals surface area contributed by atoms with Crippen molar-refractivity contribution in [2.24, 2.45) is 5.73 Å². The first-order valence-electron chi connectivity index (χ1n) is 3.07. The number of amides is 1. The zero-order valence-corrected chi connectivity index (χ0v) is 6.51. The maximum Gasteiger partial charge on any atom is 0.252 e. The van der Waals surface area contributed by atoms with E-state index in [1.165, 1.54) is 4.68 Å². The number of rotatable bonds is 2. The number of nitrogens with one attached hydrogen (secondary N) is 1. The van der Waals surface area contributed by atoms with Crippen LogP contribution < -0.4 is 11.2 Å². The predicted molar refractivity (Wildman–Crippen MR) is 42.9 cm³/mol. The maximum absolute atomic E-state index is 10.7. The Hall–Kier alpha value is -1.00. The van der Waals surface area contributed by atoms with Gasteiger partial charge in [0.2, 0.25) is 0 Å². The largest absolute Gasteiger partial charge is 0.322 e. The summed E-state index contributed by atoms with van der Waals surface area (Å²) < 4.78 is 1.40. The molecule has 0 spiro atoms. The Morgan fingerprint density at radius 3 is 3.00 bits per heavy atom. The minimum Gasteiger partial charge on any atom is -0.322 e. The van der Waals surface area contributed by atoms with Crippen molar-refractivity contribution in [2.45, 2.75) is 0 Å². The summed E-state index contributed by atoms with van der Waals surface area (Å²) >= 11 is 5.65. The second-order valence-electron chi connectivity index (χ2n) is 1.94. The number of hydrogen-bond acceptors (Lipinski definition) is 2. The number of carbonyl (C=O) groups excluding carboxylic acids is 1. The van der Waals surface area contributed by atoms with Gasteiger partial charge in [-0.15, -0.1) is 0 Å². The molecule has 3 N–H and O–H groups in total. The Bertz CT molecular complexity index is 258. The quantitative estimate of drug-likeness (QED) is 0.670. The van der Waals surface area contributed by atoms with Gasteiger partial charge in [0, 0.05) is 6.20 Å². The molecule has 0 saturated heterocycles. The molecule has 1 amide bonds. The van der Waals surface area contributed by atoms with Crippen LogP contribution in [-0.4, -0.2) is 17.1 Å². The van der Waals surface area contributed by atoms with Gasteiger partial charge in [0.25, 0.3) is 5.91 Å². The van der Waals surface area contributed by atoms with Crippen LogP contribution in [0, 0.1) is 0 Å². The number of aromatic nitrogens is 1. The van der Waals surface area contributed by atoms with Gasteiger partial charge in [0.05, 0.1) is 6.54 Å². The fraction of sp³-hybridized carbons (Fsp3) is 0.167. The third-order valence-electron chi connectivity index (χ3n) is 1.13. The Morgan fingerprint density at radius 2 is 2.55 bits per heavy atom. The zero-order valence-electron chi connectivity index (χ0n) is 5.75. The lowest BCUT2D eigenvalue weighted by atomic mass is 10.6. The molecule has 0 atom stereocenters. The molecule has 0 aliphatic rings. The van der Waals surface area contributed by atoms with Crippen molar-refractivity contribution in [2.75, 3.05) is 12.0 Å². The molecule has 1 aromatic rings. The summed E-state index contributed by atoms with van der Waals surface area (Å²) in [6, 6.07) is 3.39. The summed E-state index contributed by atoms with van der Waals surface area (Å²) in [6.45, 7) is -0.0471. The van der Waals surface area contributed by atoms with E-state index < -0.39 is 0 Å². The molecular formula is C6H8ClN3O. The minimum atomic E-state index is -0.275. The fourth-order valence-electron chi connectivity index (χ4n) is 0.631. The summed E-state index contributed by atoms with van der Waals surface area (Å²) in [5.41, 5.74) is 7.53. The molecule has 1 aromatic heterocycles. The van der Waals surface area contributed by atoms with E-state index in [0.717, 1.165) is 0 Å². The second-order valence-corrected chi connectivity index (χ2v) is 2.33. The lowest BCUT2D eigenvalue weighted by Gasteiger charge is -2.04. The first kappa shape index (κ1) is 8.10. The average Bonchev–Trinajstić information content (AvgIpc) is 2.37. The minimum absolute atomic E-state index is 0.0471. The molecule has 1 rings (SSSR count). The highest BCUT2D eigenvalue weighted by molar-refractivity contribution is 6.29. The van der Waals surface area contributed by atoms with E-state index in [9.17, 15) is 4.79 Å². The first-order chi connectivity index (χ1) is 5.24. The van der Waals surface area contributed by atoms with E-state index in [2.05, 4.69) is 5.43 Å². The van der Waals surface area contributed by atoms with Crippen LogP contribution in [0.1, 0.15) is 0 Å².